The Morgan fingerprint density at radius 3 is 2.50 bits per heavy atom. The van der Waals surface area contributed by atoms with Crippen LogP contribution >= 0.6 is 11.3 Å². The maximum absolute atomic E-state index is 10.9. The minimum atomic E-state index is -0.959. The SMILES string of the molecule is CC(CN(Cc1ccccc1)C(C)C)c1nc(C(=O)O)cs1. The third kappa shape index (κ3) is 4.39. The molecule has 2 rings (SSSR count). The lowest BCUT2D eigenvalue weighted by atomic mass is 10.1. The number of thiazole rings is 1. The fraction of sp³-hybridized carbons (Fsp3) is 0.412. The number of carbonyl (C=O) groups is 1. The maximum atomic E-state index is 10.9. The van der Waals surface area contributed by atoms with Crippen LogP contribution in [0.3, 0.4) is 0 Å². The van der Waals surface area contributed by atoms with Gasteiger partial charge in [0, 0.05) is 30.4 Å². The van der Waals surface area contributed by atoms with Gasteiger partial charge in [-0.25, -0.2) is 9.78 Å². The Morgan fingerprint density at radius 2 is 1.95 bits per heavy atom. The highest BCUT2D eigenvalue weighted by molar-refractivity contribution is 7.09. The van der Waals surface area contributed by atoms with Crippen LogP contribution in [0.4, 0.5) is 0 Å². The molecule has 2 aromatic rings. The van der Waals surface area contributed by atoms with Crippen LogP contribution in [0.25, 0.3) is 0 Å². The van der Waals surface area contributed by atoms with Gasteiger partial charge in [0.25, 0.3) is 0 Å². The first-order valence-electron chi connectivity index (χ1n) is 7.44. The van der Waals surface area contributed by atoms with E-state index in [1.54, 1.807) is 5.38 Å². The zero-order chi connectivity index (χ0) is 16.1. The van der Waals surface area contributed by atoms with Gasteiger partial charge in [0.05, 0.1) is 5.01 Å². The molecular weight excluding hydrogens is 296 g/mol. The average Bonchev–Trinajstić information content (AvgIpc) is 2.97. The molecule has 0 radical (unpaired) electrons. The summed E-state index contributed by atoms with van der Waals surface area (Å²) in [5.74, 6) is -0.746. The number of carboxylic acid groups (broad SMARTS) is 1. The van der Waals surface area contributed by atoms with E-state index in [4.69, 9.17) is 5.11 Å². The summed E-state index contributed by atoms with van der Waals surface area (Å²) < 4.78 is 0. The lowest BCUT2D eigenvalue weighted by Crippen LogP contribution is -2.33. The summed E-state index contributed by atoms with van der Waals surface area (Å²) in [5.41, 5.74) is 1.43. The van der Waals surface area contributed by atoms with Crippen LogP contribution in [0.1, 0.15) is 47.7 Å². The molecule has 1 heterocycles. The number of benzene rings is 1. The van der Waals surface area contributed by atoms with Crippen molar-refractivity contribution in [3.63, 3.8) is 0 Å². The number of aromatic carboxylic acids is 1. The van der Waals surface area contributed by atoms with Crippen molar-refractivity contribution in [3.8, 4) is 0 Å². The molecule has 1 atom stereocenters. The second kappa shape index (κ2) is 7.51. The first-order chi connectivity index (χ1) is 10.5. The number of rotatable bonds is 7. The lowest BCUT2D eigenvalue weighted by Gasteiger charge is -2.28. The predicted octanol–water partition coefficient (Wildman–Crippen LogP) is 3.86. The molecule has 0 aliphatic carbocycles. The molecule has 0 amide bonds. The summed E-state index contributed by atoms with van der Waals surface area (Å²) in [6.45, 7) is 8.21. The molecule has 0 saturated heterocycles. The van der Waals surface area contributed by atoms with Crippen molar-refractivity contribution < 1.29 is 9.90 Å². The molecule has 4 nitrogen and oxygen atoms in total. The summed E-state index contributed by atoms with van der Waals surface area (Å²) in [7, 11) is 0. The van der Waals surface area contributed by atoms with Crippen LogP contribution in [0, 0.1) is 0 Å². The maximum Gasteiger partial charge on any atom is 0.355 e. The number of hydrogen-bond acceptors (Lipinski definition) is 4. The smallest absolute Gasteiger partial charge is 0.355 e. The topological polar surface area (TPSA) is 53.4 Å². The highest BCUT2D eigenvalue weighted by Gasteiger charge is 2.19. The van der Waals surface area contributed by atoms with E-state index in [-0.39, 0.29) is 11.6 Å². The number of nitrogens with zero attached hydrogens (tertiary/aromatic N) is 2. The fourth-order valence-electron chi connectivity index (χ4n) is 2.32. The van der Waals surface area contributed by atoms with Crippen molar-refractivity contribution in [2.45, 2.75) is 39.3 Å². The van der Waals surface area contributed by atoms with Gasteiger partial charge < -0.3 is 5.11 Å². The third-order valence-electron chi connectivity index (χ3n) is 3.63. The number of aromatic nitrogens is 1. The Hall–Kier alpha value is -1.72. The van der Waals surface area contributed by atoms with Crippen LogP contribution in [-0.4, -0.2) is 33.5 Å². The van der Waals surface area contributed by atoms with E-state index in [0.717, 1.165) is 18.1 Å². The van der Waals surface area contributed by atoms with Crippen molar-refractivity contribution >= 4 is 17.3 Å². The van der Waals surface area contributed by atoms with Crippen LogP contribution in [0.2, 0.25) is 0 Å². The third-order valence-corrected chi connectivity index (χ3v) is 4.71. The predicted molar refractivity (Wildman–Crippen MR) is 89.5 cm³/mol. The van der Waals surface area contributed by atoms with Gasteiger partial charge in [0.15, 0.2) is 5.69 Å². The Morgan fingerprint density at radius 1 is 1.27 bits per heavy atom. The van der Waals surface area contributed by atoms with Crippen molar-refractivity contribution in [1.82, 2.24) is 9.88 Å². The van der Waals surface area contributed by atoms with Crippen molar-refractivity contribution in [2.75, 3.05) is 6.54 Å². The average molecular weight is 318 g/mol. The van der Waals surface area contributed by atoms with Gasteiger partial charge >= 0.3 is 5.97 Å². The zero-order valence-electron chi connectivity index (χ0n) is 13.2. The van der Waals surface area contributed by atoms with Crippen LogP contribution in [-0.2, 0) is 6.54 Å². The van der Waals surface area contributed by atoms with E-state index in [0.29, 0.717) is 6.04 Å². The minimum absolute atomic E-state index is 0.144. The second-order valence-electron chi connectivity index (χ2n) is 5.79. The van der Waals surface area contributed by atoms with E-state index in [2.05, 4.69) is 54.9 Å². The molecule has 0 fully saturated rings. The first kappa shape index (κ1) is 16.6. The molecule has 0 aliphatic heterocycles. The van der Waals surface area contributed by atoms with E-state index >= 15 is 0 Å². The van der Waals surface area contributed by atoms with Gasteiger partial charge in [-0.05, 0) is 19.4 Å². The van der Waals surface area contributed by atoms with Gasteiger partial charge in [0.2, 0.25) is 0 Å². The Bertz CT molecular complexity index is 610. The van der Waals surface area contributed by atoms with Crippen molar-refractivity contribution in [1.29, 1.82) is 0 Å². The summed E-state index contributed by atoms with van der Waals surface area (Å²) in [6.07, 6.45) is 0. The standard InChI is InChI=1S/C17H22N2O2S/c1-12(2)19(10-14-7-5-4-6-8-14)9-13(3)16-18-15(11-22-16)17(20)21/h4-8,11-13H,9-10H2,1-3H3,(H,20,21). The summed E-state index contributed by atoms with van der Waals surface area (Å²) in [4.78, 5) is 17.6. The first-order valence-corrected chi connectivity index (χ1v) is 8.32. The molecule has 0 aliphatic rings. The highest BCUT2D eigenvalue weighted by Crippen LogP contribution is 2.23. The van der Waals surface area contributed by atoms with Crippen LogP contribution in [0.5, 0.6) is 0 Å². The zero-order valence-corrected chi connectivity index (χ0v) is 14.0. The quantitative estimate of drug-likeness (QED) is 0.842. The van der Waals surface area contributed by atoms with Crippen LogP contribution < -0.4 is 0 Å². The summed E-state index contributed by atoms with van der Waals surface area (Å²) in [5, 5.41) is 11.5. The second-order valence-corrected chi connectivity index (χ2v) is 6.68. The van der Waals surface area contributed by atoms with E-state index in [1.807, 2.05) is 6.07 Å². The largest absolute Gasteiger partial charge is 0.476 e. The van der Waals surface area contributed by atoms with Crippen LogP contribution in [0.15, 0.2) is 35.7 Å². The fourth-order valence-corrected chi connectivity index (χ4v) is 3.16. The highest BCUT2D eigenvalue weighted by atomic mass is 32.1. The van der Waals surface area contributed by atoms with Gasteiger partial charge in [-0.3, -0.25) is 4.90 Å². The van der Waals surface area contributed by atoms with Gasteiger partial charge in [0.1, 0.15) is 0 Å². The molecule has 1 unspecified atom stereocenters. The molecule has 1 aromatic carbocycles. The molecular formula is C17H22N2O2S. The Balaban J connectivity index is 2.05. The molecule has 1 aromatic heterocycles. The van der Waals surface area contributed by atoms with E-state index < -0.39 is 5.97 Å². The van der Waals surface area contributed by atoms with Crippen molar-refractivity contribution in [3.05, 3.63) is 52.0 Å². The van der Waals surface area contributed by atoms with E-state index in [1.165, 1.54) is 16.9 Å². The number of hydrogen-bond donors (Lipinski definition) is 1. The molecule has 0 bridgehead atoms. The van der Waals surface area contributed by atoms with Gasteiger partial charge in [-0.2, -0.15) is 0 Å². The molecule has 22 heavy (non-hydrogen) atoms. The molecule has 118 valence electrons. The minimum Gasteiger partial charge on any atom is -0.476 e. The van der Waals surface area contributed by atoms with Gasteiger partial charge in [-0.1, -0.05) is 37.3 Å². The summed E-state index contributed by atoms with van der Waals surface area (Å²) >= 11 is 1.43. The Kier molecular flexibility index (Phi) is 5.69. The summed E-state index contributed by atoms with van der Waals surface area (Å²) in [6, 6.07) is 10.8. The molecule has 0 spiro atoms. The van der Waals surface area contributed by atoms with E-state index in [9.17, 15) is 4.79 Å². The monoisotopic (exact) mass is 318 g/mol. The molecule has 5 heteroatoms. The molecule has 1 N–H and O–H groups in total. The normalized spacial score (nSPS) is 12.8. The number of carboxylic acids is 1. The Labute approximate surface area is 135 Å². The van der Waals surface area contributed by atoms with Gasteiger partial charge in [-0.15, -0.1) is 11.3 Å². The lowest BCUT2D eigenvalue weighted by molar-refractivity contribution is 0.0691. The molecule has 0 saturated carbocycles. The van der Waals surface area contributed by atoms with Crippen molar-refractivity contribution in [2.24, 2.45) is 0 Å².